The number of hydrogen-bond donors (Lipinski definition) is 2. The lowest BCUT2D eigenvalue weighted by atomic mass is 10.0. The van der Waals surface area contributed by atoms with E-state index in [2.05, 4.69) is 81.4 Å². The van der Waals surface area contributed by atoms with Crippen LogP contribution >= 0.6 is 0 Å². The van der Waals surface area contributed by atoms with Crippen molar-refractivity contribution in [3.63, 3.8) is 0 Å². The topological polar surface area (TPSA) is 49.7 Å². The third kappa shape index (κ3) is 5.54. The zero-order valence-electron chi connectivity index (χ0n) is 17.8. The van der Waals surface area contributed by atoms with Crippen LogP contribution in [0.1, 0.15) is 47.0 Å². The van der Waals surface area contributed by atoms with E-state index in [0.29, 0.717) is 19.4 Å². The van der Waals surface area contributed by atoms with Crippen LogP contribution in [0, 0.1) is 5.92 Å². The smallest absolute Gasteiger partial charge is 0.261 e. The fraction of sp³-hybridized carbons (Fsp3) is 0.500. The maximum absolute atomic E-state index is 10.2. The van der Waals surface area contributed by atoms with E-state index in [1.165, 1.54) is 10.4 Å². The van der Waals surface area contributed by atoms with Gasteiger partial charge in [0.2, 0.25) is 0 Å². The van der Waals surface area contributed by atoms with Gasteiger partial charge in [-0.1, -0.05) is 88.4 Å². The molecule has 0 unspecified atom stereocenters. The molecule has 0 amide bonds. The second kappa shape index (κ2) is 10.4. The Hall–Kier alpha value is -1.46. The first-order chi connectivity index (χ1) is 13.3. The van der Waals surface area contributed by atoms with Crippen LogP contribution in [-0.2, 0) is 4.43 Å². The number of aliphatic hydroxyl groups is 2. The van der Waals surface area contributed by atoms with Crippen molar-refractivity contribution in [1.29, 1.82) is 0 Å². The van der Waals surface area contributed by atoms with Crippen molar-refractivity contribution in [1.82, 2.24) is 0 Å². The van der Waals surface area contributed by atoms with E-state index < -0.39 is 8.32 Å². The molecule has 3 nitrogen and oxygen atoms in total. The van der Waals surface area contributed by atoms with Crippen LogP contribution in [0.2, 0.25) is 5.04 Å². The van der Waals surface area contributed by atoms with Crippen molar-refractivity contribution in [3.8, 4) is 0 Å². The van der Waals surface area contributed by atoms with Gasteiger partial charge in [-0.25, -0.2) is 0 Å². The van der Waals surface area contributed by atoms with Crippen molar-refractivity contribution in [3.05, 3.63) is 60.7 Å². The average molecular weight is 401 g/mol. The normalized spacial score (nSPS) is 14.6. The molecular weight excluding hydrogens is 364 g/mol. The van der Waals surface area contributed by atoms with E-state index in [0.717, 1.165) is 6.42 Å². The van der Waals surface area contributed by atoms with Crippen LogP contribution in [-0.4, -0.2) is 37.8 Å². The minimum atomic E-state index is -2.48. The third-order valence-electron chi connectivity index (χ3n) is 5.40. The van der Waals surface area contributed by atoms with Gasteiger partial charge in [0.05, 0.1) is 6.10 Å². The molecule has 0 bridgehead atoms. The number of aliphatic hydroxyl groups excluding tert-OH is 2. The van der Waals surface area contributed by atoms with Gasteiger partial charge in [-0.15, -0.1) is 0 Å². The Morgan fingerprint density at radius 2 is 1.43 bits per heavy atom. The first kappa shape index (κ1) is 22.8. The Kier molecular flexibility index (Phi) is 8.44. The second-order valence-electron chi connectivity index (χ2n) is 8.83. The van der Waals surface area contributed by atoms with Gasteiger partial charge in [-0.2, -0.15) is 0 Å². The molecule has 0 aliphatic rings. The minimum Gasteiger partial charge on any atom is -0.407 e. The SMILES string of the molecule is C[C@@H](CO)C[C@@H](O)CCCO[Si](c1ccccc1)(c1ccccc1)C(C)(C)C. The Balaban J connectivity index is 2.22. The molecule has 0 spiro atoms. The van der Waals surface area contributed by atoms with Crippen molar-refractivity contribution in [2.75, 3.05) is 13.2 Å². The second-order valence-corrected chi connectivity index (χ2v) is 13.1. The van der Waals surface area contributed by atoms with Crippen LogP contribution in [0.15, 0.2) is 60.7 Å². The maximum Gasteiger partial charge on any atom is 0.261 e. The summed E-state index contributed by atoms with van der Waals surface area (Å²) >= 11 is 0. The first-order valence-electron chi connectivity index (χ1n) is 10.3. The summed E-state index contributed by atoms with van der Waals surface area (Å²) in [6, 6.07) is 21.3. The molecule has 0 radical (unpaired) electrons. The van der Waals surface area contributed by atoms with Crippen molar-refractivity contribution < 1.29 is 14.6 Å². The van der Waals surface area contributed by atoms with E-state index in [4.69, 9.17) is 4.43 Å². The predicted octanol–water partition coefficient (Wildman–Crippen LogP) is 3.72. The fourth-order valence-corrected chi connectivity index (χ4v) is 8.57. The highest BCUT2D eigenvalue weighted by atomic mass is 28.4. The molecule has 2 N–H and O–H groups in total. The van der Waals surface area contributed by atoms with E-state index in [9.17, 15) is 10.2 Å². The zero-order valence-corrected chi connectivity index (χ0v) is 18.8. The van der Waals surface area contributed by atoms with Gasteiger partial charge in [-0.05, 0) is 40.6 Å². The van der Waals surface area contributed by atoms with Gasteiger partial charge < -0.3 is 14.6 Å². The summed E-state index contributed by atoms with van der Waals surface area (Å²) in [5.74, 6) is 0.132. The molecule has 4 heteroatoms. The molecule has 0 aliphatic carbocycles. The molecule has 0 saturated heterocycles. The lowest BCUT2D eigenvalue weighted by Gasteiger charge is -2.43. The minimum absolute atomic E-state index is 0.0281. The molecule has 0 fully saturated rings. The van der Waals surface area contributed by atoms with Crippen LogP contribution in [0.3, 0.4) is 0 Å². The van der Waals surface area contributed by atoms with Gasteiger partial charge >= 0.3 is 0 Å². The number of benzene rings is 2. The summed E-state index contributed by atoms with van der Waals surface area (Å²) in [6.07, 6.45) is 1.76. The molecule has 2 rings (SSSR count). The van der Waals surface area contributed by atoms with Crippen molar-refractivity contribution >= 4 is 18.7 Å². The summed E-state index contributed by atoms with van der Waals surface area (Å²) in [5, 5.41) is 21.9. The maximum atomic E-state index is 10.2. The summed E-state index contributed by atoms with van der Waals surface area (Å²) in [5.41, 5.74) is 0. The third-order valence-corrected chi connectivity index (χ3v) is 10.4. The molecular formula is C24H36O3Si. The first-order valence-corrected chi connectivity index (χ1v) is 12.3. The van der Waals surface area contributed by atoms with Crippen LogP contribution < -0.4 is 10.4 Å². The van der Waals surface area contributed by atoms with Crippen LogP contribution in [0.4, 0.5) is 0 Å². The molecule has 0 saturated carbocycles. The van der Waals surface area contributed by atoms with Crippen molar-refractivity contribution in [2.24, 2.45) is 5.92 Å². The van der Waals surface area contributed by atoms with E-state index in [1.54, 1.807) is 0 Å². The average Bonchev–Trinajstić information content (AvgIpc) is 2.68. The Morgan fingerprint density at radius 1 is 0.929 bits per heavy atom. The van der Waals surface area contributed by atoms with E-state index >= 15 is 0 Å². The highest BCUT2D eigenvalue weighted by Crippen LogP contribution is 2.36. The van der Waals surface area contributed by atoms with Crippen LogP contribution in [0.5, 0.6) is 0 Å². The number of hydrogen-bond acceptors (Lipinski definition) is 3. The Morgan fingerprint density at radius 3 is 1.86 bits per heavy atom. The molecule has 2 aromatic rings. The van der Waals surface area contributed by atoms with Gasteiger partial charge in [0.1, 0.15) is 0 Å². The molecule has 28 heavy (non-hydrogen) atoms. The van der Waals surface area contributed by atoms with Crippen molar-refractivity contribution in [2.45, 2.75) is 58.1 Å². The molecule has 0 heterocycles. The fourth-order valence-electron chi connectivity index (χ4n) is 3.96. The lowest BCUT2D eigenvalue weighted by molar-refractivity contribution is 0.108. The van der Waals surface area contributed by atoms with Crippen LogP contribution in [0.25, 0.3) is 0 Å². The monoisotopic (exact) mass is 400 g/mol. The Bertz CT molecular complexity index is 643. The standard InChI is InChI=1S/C24H36O3Si/c1-20(19-25)18-21(26)12-11-17-27-28(24(2,3)4,22-13-7-5-8-14-22)23-15-9-6-10-16-23/h5-10,13-16,20-21,25-26H,11-12,17-19H2,1-4H3/t20-,21+/m1/s1. The van der Waals surface area contributed by atoms with E-state index in [-0.39, 0.29) is 23.7 Å². The molecule has 2 aromatic carbocycles. The summed E-state index contributed by atoms with van der Waals surface area (Å²) in [7, 11) is -2.48. The predicted molar refractivity (Wildman–Crippen MR) is 120 cm³/mol. The molecule has 0 aromatic heterocycles. The quantitative estimate of drug-likeness (QED) is 0.472. The molecule has 2 atom stereocenters. The van der Waals surface area contributed by atoms with Gasteiger partial charge in [0, 0.05) is 13.2 Å². The number of rotatable bonds is 10. The lowest BCUT2D eigenvalue weighted by Crippen LogP contribution is -2.66. The highest BCUT2D eigenvalue weighted by molar-refractivity contribution is 6.99. The molecule has 0 aliphatic heterocycles. The largest absolute Gasteiger partial charge is 0.407 e. The van der Waals surface area contributed by atoms with Gasteiger partial charge in [0.15, 0.2) is 0 Å². The van der Waals surface area contributed by atoms with Gasteiger partial charge in [0.25, 0.3) is 8.32 Å². The highest BCUT2D eigenvalue weighted by Gasteiger charge is 2.49. The zero-order chi connectivity index (χ0) is 20.6. The Labute approximate surface area is 171 Å². The molecule has 154 valence electrons. The van der Waals surface area contributed by atoms with Gasteiger partial charge in [-0.3, -0.25) is 0 Å². The summed E-state index contributed by atoms with van der Waals surface area (Å²) < 4.78 is 6.83. The summed E-state index contributed by atoms with van der Waals surface area (Å²) in [4.78, 5) is 0. The van der Waals surface area contributed by atoms with E-state index in [1.807, 2.05) is 6.92 Å². The summed E-state index contributed by atoms with van der Waals surface area (Å²) in [6.45, 7) is 9.53.